The molecule has 0 aromatic heterocycles. The first-order valence-corrected chi connectivity index (χ1v) is 4.66. The van der Waals surface area contributed by atoms with Crippen LogP contribution < -0.4 is 5.32 Å². The fraction of sp³-hybridized carbons (Fsp3) is 1.00. The Kier molecular flexibility index (Phi) is 1.69. The SMILES string of the molecule is CC1(C2CCC2)NCCC1O. The van der Waals surface area contributed by atoms with Crippen LogP contribution in [0.1, 0.15) is 32.6 Å². The van der Waals surface area contributed by atoms with Gasteiger partial charge in [-0.05, 0) is 38.6 Å². The quantitative estimate of drug-likeness (QED) is 0.589. The van der Waals surface area contributed by atoms with E-state index in [0.717, 1.165) is 18.9 Å². The maximum Gasteiger partial charge on any atom is 0.0733 e. The highest BCUT2D eigenvalue weighted by atomic mass is 16.3. The van der Waals surface area contributed by atoms with E-state index in [1.165, 1.54) is 19.3 Å². The van der Waals surface area contributed by atoms with E-state index >= 15 is 0 Å². The molecular formula is C9H17NO. The van der Waals surface area contributed by atoms with Crippen LogP contribution in [-0.4, -0.2) is 23.3 Å². The van der Waals surface area contributed by atoms with Crippen molar-refractivity contribution >= 4 is 0 Å². The molecule has 2 aliphatic rings. The van der Waals surface area contributed by atoms with E-state index in [-0.39, 0.29) is 11.6 Å². The Morgan fingerprint density at radius 1 is 1.36 bits per heavy atom. The van der Waals surface area contributed by atoms with Gasteiger partial charge in [-0.2, -0.15) is 0 Å². The molecule has 1 saturated carbocycles. The zero-order chi connectivity index (χ0) is 7.90. The smallest absolute Gasteiger partial charge is 0.0733 e. The Morgan fingerprint density at radius 3 is 2.45 bits per heavy atom. The van der Waals surface area contributed by atoms with Crippen molar-refractivity contribution in [3.63, 3.8) is 0 Å². The highest BCUT2D eigenvalue weighted by Gasteiger charge is 2.45. The Hall–Kier alpha value is -0.0800. The highest BCUT2D eigenvalue weighted by molar-refractivity contribution is 5.03. The summed E-state index contributed by atoms with van der Waals surface area (Å²) < 4.78 is 0. The first kappa shape index (κ1) is 7.56. The summed E-state index contributed by atoms with van der Waals surface area (Å²) in [6.07, 6.45) is 4.80. The van der Waals surface area contributed by atoms with Crippen LogP contribution in [-0.2, 0) is 0 Å². The Bertz CT molecular complexity index is 156. The van der Waals surface area contributed by atoms with Crippen LogP contribution in [0, 0.1) is 5.92 Å². The maximum atomic E-state index is 9.72. The average molecular weight is 155 g/mol. The Labute approximate surface area is 68.0 Å². The zero-order valence-corrected chi connectivity index (χ0v) is 7.14. The van der Waals surface area contributed by atoms with Gasteiger partial charge in [0.05, 0.1) is 6.10 Å². The molecule has 64 valence electrons. The minimum atomic E-state index is -0.104. The molecule has 2 rings (SSSR count). The molecule has 0 aromatic rings. The normalized spacial score (nSPS) is 45.8. The summed E-state index contributed by atoms with van der Waals surface area (Å²) in [6, 6.07) is 0. The van der Waals surface area contributed by atoms with Gasteiger partial charge in [0.15, 0.2) is 0 Å². The molecule has 0 spiro atoms. The second-order valence-corrected chi connectivity index (χ2v) is 4.14. The number of rotatable bonds is 1. The van der Waals surface area contributed by atoms with Crippen molar-refractivity contribution in [1.82, 2.24) is 5.32 Å². The molecule has 2 unspecified atom stereocenters. The van der Waals surface area contributed by atoms with Crippen molar-refractivity contribution < 1.29 is 5.11 Å². The van der Waals surface area contributed by atoms with Gasteiger partial charge in [0.25, 0.3) is 0 Å². The van der Waals surface area contributed by atoms with Crippen molar-refractivity contribution in [2.75, 3.05) is 6.54 Å². The van der Waals surface area contributed by atoms with Crippen molar-refractivity contribution in [3.8, 4) is 0 Å². The van der Waals surface area contributed by atoms with Gasteiger partial charge in [-0.1, -0.05) is 6.42 Å². The molecule has 1 aliphatic heterocycles. The lowest BCUT2D eigenvalue weighted by Crippen LogP contribution is -2.53. The Morgan fingerprint density at radius 2 is 2.09 bits per heavy atom. The van der Waals surface area contributed by atoms with Crippen molar-refractivity contribution in [2.24, 2.45) is 5.92 Å². The van der Waals surface area contributed by atoms with Crippen LogP contribution in [0.25, 0.3) is 0 Å². The third kappa shape index (κ3) is 1.00. The largest absolute Gasteiger partial charge is 0.391 e. The van der Waals surface area contributed by atoms with Gasteiger partial charge in [0, 0.05) is 5.54 Å². The van der Waals surface area contributed by atoms with Crippen molar-refractivity contribution in [3.05, 3.63) is 0 Å². The van der Waals surface area contributed by atoms with Gasteiger partial charge >= 0.3 is 0 Å². The average Bonchev–Trinajstić information content (AvgIpc) is 2.09. The standard InChI is InChI=1S/C9H17NO/c1-9(7-3-2-4-7)8(11)5-6-10-9/h7-8,10-11H,2-6H2,1H3. The molecule has 0 amide bonds. The molecule has 0 bridgehead atoms. The molecule has 2 atom stereocenters. The van der Waals surface area contributed by atoms with Crippen molar-refractivity contribution in [1.29, 1.82) is 0 Å². The summed E-state index contributed by atoms with van der Waals surface area (Å²) in [6.45, 7) is 3.17. The summed E-state index contributed by atoms with van der Waals surface area (Å²) in [5.74, 6) is 0.736. The van der Waals surface area contributed by atoms with E-state index in [1.54, 1.807) is 0 Å². The second-order valence-electron chi connectivity index (χ2n) is 4.14. The number of aliphatic hydroxyl groups excluding tert-OH is 1. The fourth-order valence-electron chi connectivity index (χ4n) is 2.32. The highest BCUT2D eigenvalue weighted by Crippen LogP contribution is 2.40. The van der Waals surface area contributed by atoms with E-state index in [4.69, 9.17) is 0 Å². The van der Waals surface area contributed by atoms with Gasteiger partial charge in [-0.15, -0.1) is 0 Å². The van der Waals surface area contributed by atoms with Gasteiger partial charge in [-0.25, -0.2) is 0 Å². The lowest BCUT2D eigenvalue weighted by atomic mass is 9.70. The van der Waals surface area contributed by atoms with Crippen LogP contribution in [0.4, 0.5) is 0 Å². The Balaban J connectivity index is 2.06. The second kappa shape index (κ2) is 2.46. The summed E-state index contributed by atoms with van der Waals surface area (Å²) in [7, 11) is 0. The molecule has 2 N–H and O–H groups in total. The van der Waals surface area contributed by atoms with Crippen LogP contribution in [0.15, 0.2) is 0 Å². The number of hydrogen-bond donors (Lipinski definition) is 2. The summed E-state index contributed by atoms with van der Waals surface area (Å²) >= 11 is 0. The maximum absolute atomic E-state index is 9.72. The minimum Gasteiger partial charge on any atom is -0.391 e. The molecule has 0 radical (unpaired) electrons. The first-order valence-electron chi connectivity index (χ1n) is 4.66. The molecule has 2 heteroatoms. The number of aliphatic hydroxyl groups is 1. The molecule has 1 aliphatic carbocycles. The van der Waals surface area contributed by atoms with E-state index in [9.17, 15) is 5.11 Å². The summed E-state index contributed by atoms with van der Waals surface area (Å²) in [5, 5.41) is 13.2. The molecular weight excluding hydrogens is 138 g/mol. The molecule has 1 saturated heterocycles. The lowest BCUT2D eigenvalue weighted by molar-refractivity contribution is 0.0367. The molecule has 1 heterocycles. The minimum absolute atomic E-state index is 0.0538. The van der Waals surface area contributed by atoms with Gasteiger partial charge in [0.1, 0.15) is 0 Å². The predicted octanol–water partition coefficient (Wildman–Crippen LogP) is 0.899. The number of hydrogen-bond acceptors (Lipinski definition) is 2. The van der Waals surface area contributed by atoms with E-state index < -0.39 is 0 Å². The molecule has 0 aromatic carbocycles. The van der Waals surface area contributed by atoms with Crippen molar-refractivity contribution in [2.45, 2.75) is 44.2 Å². The van der Waals surface area contributed by atoms with Crippen LogP contribution in [0.2, 0.25) is 0 Å². The van der Waals surface area contributed by atoms with Crippen LogP contribution >= 0.6 is 0 Å². The van der Waals surface area contributed by atoms with E-state index in [1.807, 2.05) is 0 Å². The summed E-state index contributed by atoms with van der Waals surface area (Å²) in [4.78, 5) is 0. The van der Waals surface area contributed by atoms with Crippen LogP contribution in [0.3, 0.4) is 0 Å². The number of nitrogens with one attached hydrogen (secondary N) is 1. The van der Waals surface area contributed by atoms with Gasteiger partial charge < -0.3 is 10.4 Å². The van der Waals surface area contributed by atoms with Crippen LogP contribution in [0.5, 0.6) is 0 Å². The monoisotopic (exact) mass is 155 g/mol. The lowest BCUT2D eigenvalue weighted by Gasteiger charge is -2.42. The van der Waals surface area contributed by atoms with Gasteiger partial charge in [-0.3, -0.25) is 0 Å². The van der Waals surface area contributed by atoms with Gasteiger partial charge in [0.2, 0.25) is 0 Å². The fourth-order valence-corrected chi connectivity index (χ4v) is 2.32. The first-order chi connectivity index (χ1) is 5.23. The third-order valence-corrected chi connectivity index (χ3v) is 3.57. The van der Waals surface area contributed by atoms with E-state index in [0.29, 0.717) is 0 Å². The van der Waals surface area contributed by atoms with E-state index in [2.05, 4.69) is 12.2 Å². The third-order valence-electron chi connectivity index (χ3n) is 3.57. The summed E-state index contributed by atoms with van der Waals surface area (Å²) in [5.41, 5.74) is 0.0538. The topological polar surface area (TPSA) is 32.3 Å². The molecule has 2 nitrogen and oxygen atoms in total. The molecule has 11 heavy (non-hydrogen) atoms. The zero-order valence-electron chi connectivity index (χ0n) is 7.14. The predicted molar refractivity (Wildman–Crippen MR) is 44.4 cm³/mol. The molecule has 2 fully saturated rings.